The zero-order chi connectivity index (χ0) is 18.6. The number of hydrogen-bond donors (Lipinski definition) is 1. The van der Waals surface area contributed by atoms with E-state index in [2.05, 4.69) is 15.0 Å². The average Bonchev–Trinajstić information content (AvgIpc) is 2.59. The number of alkyl halides is 3. The molecular weight excluding hydrogens is 345 g/mol. The molecule has 1 N–H and O–H groups in total. The van der Waals surface area contributed by atoms with Crippen LogP contribution in [0.25, 0.3) is 17.0 Å². The fourth-order valence-corrected chi connectivity index (χ4v) is 2.38. The molecule has 0 atom stereocenters. The van der Waals surface area contributed by atoms with Gasteiger partial charge in [-0.15, -0.1) is 13.2 Å². The molecule has 7 heteroatoms. The van der Waals surface area contributed by atoms with Crippen molar-refractivity contribution in [1.29, 1.82) is 0 Å². The molecule has 1 amide bonds. The summed E-state index contributed by atoms with van der Waals surface area (Å²) >= 11 is 0. The van der Waals surface area contributed by atoms with Gasteiger partial charge in [-0.05, 0) is 24.3 Å². The van der Waals surface area contributed by atoms with Gasteiger partial charge in [-0.3, -0.25) is 9.78 Å². The molecule has 1 heterocycles. The van der Waals surface area contributed by atoms with Gasteiger partial charge in [-0.1, -0.05) is 30.3 Å². The Hall–Kier alpha value is -3.35. The number of fused-ring (bicyclic) bond motifs is 1. The predicted octanol–water partition coefficient (Wildman–Crippen LogP) is 4.79. The smallest absolute Gasteiger partial charge is 0.406 e. The number of aromatic nitrogens is 1. The van der Waals surface area contributed by atoms with Gasteiger partial charge in [0.1, 0.15) is 5.75 Å². The lowest BCUT2D eigenvalue weighted by molar-refractivity contribution is -0.274. The van der Waals surface area contributed by atoms with Gasteiger partial charge in [-0.25, -0.2) is 0 Å². The van der Waals surface area contributed by atoms with E-state index < -0.39 is 18.0 Å². The van der Waals surface area contributed by atoms with Crippen molar-refractivity contribution in [2.24, 2.45) is 0 Å². The molecule has 0 spiro atoms. The van der Waals surface area contributed by atoms with Crippen molar-refractivity contribution < 1.29 is 22.7 Å². The molecule has 0 aliphatic heterocycles. The summed E-state index contributed by atoms with van der Waals surface area (Å²) in [6.07, 6.45) is -0.239. The quantitative estimate of drug-likeness (QED) is 0.683. The number of para-hydroxylation sites is 1. The number of pyridine rings is 1. The van der Waals surface area contributed by atoms with Crippen LogP contribution >= 0.6 is 0 Å². The van der Waals surface area contributed by atoms with Crippen LogP contribution in [0.3, 0.4) is 0 Å². The summed E-state index contributed by atoms with van der Waals surface area (Å²) in [7, 11) is 0. The molecular formula is C19H13F3N2O2. The Balaban J connectivity index is 1.72. The van der Waals surface area contributed by atoms with Crippen molar-refractivity contribution in [2.75, 3.05) is 5.32 Å². The van der Waals surface area contributed by atoms with Crippen molar-refractivity contribution in [2.45, 2.75) is 6.36 Å². The van der Waals surface area contributed by atoms with Gasteiger partial charge in [0.25, 0.3) is 0 Å². The maximum absolute atomic E-state index is 12.2. The number of nitrogens with one attached hydrogen (secondary N) is 1. The maximum atomic E-state index is 12.2. The van der Waals surface area contributed by atoms with Crippen molar-refractivity contribution in [3.63, 3.8) is 0 Å². The second-order valence-corrected chi connectivity index (χ2v) is 5.32. The van der Waals surface area contributed by atoms with Gasteiger partial charge < -0.3 is 10.1 Å². The largest absolute Gasteiger partial charge is 0.573 e. The molecule has 2 aromatic carbocycles. The predicted molar refractivity (Wildman–Crippen MR) is 92.5 cm³/mol. The Morgan fingerprint density at radius 1 is 1.08 bits per heavy atom. The van der Waals surface area contributed by atoms with Crippen molar-refractivity contribution in [3.05, 3.63) is 72.4 Å². The molecule has 0 saturated heterocycles. The van der Waals surface area contributed by atoms with E-state index in [9.17, 15) is 18.0 Å². The normalized spacial score (nSPS) is 11.7. The minimum atomic E-state index is -4.79. The van der Waals surface area contributed by atoms with Crippen LogP contribution < -0.4 is 10.1 Å². The summed E-state index contributed by atoms with van der Waals surface area (Å²) in [6, 6.07) is 14.4. The lowest BCUT2D eigenvalue weighted by Crippen LogP contribution is -2.17. The van der Waals surface area contributed by atoms with Gasteiger partial charge in [0, 0.05) is 35.0 Å². The number of rotatable bonds is 4. The van der Waals surface area contributed by atoms with Crippen LogP contribution in [0.2, 0.25) is 0 Å². The molecule has 0 aliphatic carbocycles. The van der Waals surface area contributed by atoms with Crippen LogP contribution in [-0.4, -0.2) is 17.3 Å². The van der Waals surface area contributed by atoms with Crippen molar-refractivity contribution in [3.8, 4) is 5.75 Å². The number of carbonyl (C=O) groups excluding carboxylic acids is 1. The zero-order valence-corrected chi connectivity index (χ0v) is 13.3. The summed E-state index contributed by atoms with van der Waals surface area (Å²) in [5, 5.41) is 3.43. The number of anilines is 1. The van der Waals surface area contributed by atoms with Crippen LogP contribution in [0, 0.1) is 0 Å². The number of amides is 1. The Bertz CT molecular complexity index is 963. The van der Waals surface area contributed by atoms with Crippen LogP contribution in [0.4, 0.5) is 18.9 Å². The molecule has 0 unspecified atom stereocenters. The lowest BCUT2D eigenvalue weighted by atomic mass is 10.1. The first kappa shape index (κ1) is 17.5. The SMILES string of the molecule is O=C(C=Cc1cccc2cccnc12)Nc1cccc(OC(F)(F)F)c1. The Kier molecular flexibility index (Phi) is 4.88. The molecule has 26 heavy (non-hydrogen) atoms. The second kappa shape index (κ2) is 7.26. The van der Waals surface area contributed by atoms with Gasteiger partial charge in [0.15, 0.2) is 0 Å². The number of carbonyl (C=O) groups is 1. The Morgan fingerprint density at radius 2 is 1.85 bits per heavy atom. The number of nitrogens with zero attached hydrogens (tertiary/aromatic N) is 1. The molecule has 0 fully saturated rings. The lowest BCUT2D eigenvalue weighted by Gasteiger charge is -2.10. The van der Waals surface area contributed by atoms with Crippen molar-refractivity contribution >= 4 is 28.6 Å². The highest BCUT2D eigenvalue weighted by Gasteiger charge is 2.31. The van der Waals surface area contributed by atoms with Crippen LogP contribution in [0.15, 0.2) is 66.9 Å². The standard InChI is InChI=1S/C19H13F3N2O2/c20-19(21,22)26-16-8-2-7-15(12-16)24-17(25)10-9-14-5-1-4-13-6-3-11-23-18(13)14/h1-12H,(H,24,25). The average molecular weight is 358 g/mol. The van der Waals surface area contributed by atoms with Gasteiger partial charge in [0.2, 0.25) is 5.91 Å². The first-order chi connectivity index (χ1) is 12.4. The summed E-state index contributed by atoms with van der Waals surface area (Å²) in [6.45, 7) is 0. The van der Waals surface area contributed by atoms with Crippen LogP contribution in [0.5, 0.6) is 5.75 Å². The molecule has 4 nitrogen and oxygen atoms in total. The fourth-order valence-electron chi connectivity index (χ4n) is 2.38. The number of halogens is 3. The Morgan fingerprint density at radius 3 is 2.65 bits per heavy atom. The first-order valence-corrected chi connectivity index (χ1v) is 7.59. The highest BCUT2D eigenvalue weighted by atomic mass is 19.4. The topological polar surface area (TPSA) is 51.2 Å². The molecule has 132 valence electrons. The molecule has 0 aliphatic rings. The van der Waals surface area contributed by atoms with Gasteiger partial charge in [-0.2, -0.15) is 0 Å². The van der Waals surface area contributed by atoms with E-state index in [0.29, 0.717) is 0 Å². The third kappa shape index (κ3) is 4.60. The van der Waals surface area contributed by atoms with Crippen LogP contribution in [-0.2, 0) is 4.79 Å². The number of hydrogen-bond acceptors (Lipinski definition) is 3. The van der Waals surface area contributed by atoms with Crippen LogP contribution in [0.1, 0.15) is 5.56 Å². The van der Waals surface area contributed by atoms with E-state index in [1.165, 1.54) is 18.2 Å². The summed E-state index contributed by atoms with van der Waals surface area (Å²) in [4.78, 5) is 16.3. The maximum Gasteiger partial charge on any atom is 0.573 e. The summed E-state index contributed by atoms with van der Waals surface area (Å²) in [5.41, 5.74) is 1.70. The van der Waals surface area contributed by atoms with E-state index in [1.807, 2.05) is 30.3 Å². The van der Waals surface area contributed by atoms with Gasteiger partial charge >= 0.3 is 6.36 Å². The summed E-state index contributed by atoms with van der Waals surface area (Å²) < 4.78 is 40.6. The third-order valence-electron chi connectivity index (χ3n) is 3.41. The molecule has 1 aromatic heterocycles. The van der Waals surface area contributed by atoms with E-state index in [-0.39, 0.29) is 5.69 Å². The van der Waals surface area contributed by atoms with E-state index in [1.54, 1.807) is 12.3 Å². The molecule has 0 radical (unpaired) electrons. The van der Waals surface area contributed by atoms with Crippen molar-refractivity contribution in [1.82, 2.24) is 4.98 Å². The first-order valence-electron chi connectivity index (χ1n) is 7.59. The monoisotopic (exact) mass is 358 g/mol. The van der Waals surface area contributed by atoms with E-state index >= 15 is 0 Å². The molecule has 3 rings (SSSR count). The Labute approximate surface area is 146 Å². The molecule has 0 bridgehead atoms. The third-order valence-corrected chi connectivity index (χ3v) is 3.41. The molecule has 0 saturated carbocycles. The molecule has 3 aromatic rings. The minimum absolute atomic E-state index is 0.192. The highest BCUT2D eigenvalue weighted by molar-refractivity contribution is 6.03. The minimum Gasteiger partial charge on any atom is -0.406 e. The van der Waals surface area contributed by atoms with E-state index in [0.717, 1.165) is 28.6 Å². The van der Waals surface area contributed by atoms with Gasteiger partial charge in [0.05, 0.1) is 5.52 Å². The van der Waals surface area contributed by atoms with E-state index in [4.69, 9.17) is 0 Å². The fraction of sp³-hybridized carbons (Fsp3) is 0.0526. The number of benzene rings is 2. The highest BCUT2D eigenvalue weighted by Crippen LogP contribution is 2.25. The summed E-state index contributed by atoms with van der Waals surface area (Å²) in [5.74, 6) is -0.889. The number of ether oxygens (including phenoxy) is 1. The zero-order valence-electron chi connectivity index (χ0n) is 13.3. The second-order valence-electron chi connectivity index (χ2n) is 5.32.